The first kappa shape index (κ1) is 14.5. The Bertz CT molecular complexity index is 370. The Labute approximate surface area is 106 Å². The number of benzene rings is 1. The summed E-state index contributed by atoms with van der Waals surface area (Å²) in [6.45, 7) is 1.22. The van der Waals surface area contributed by atoms with Gasteiger partial charge in [0.25, 0.3) is 0 Å². The number of rotatable bonds is 4. The van der Waals surface area contributed by atoms with E-state index in [2.05, 4.69) is 21.2 Å². The van der Waals surface area contributed by atoms with Gasteiger partial charge in [-0.05, 0) is 24.6 Å². The first-order chi connectivity index (χ1) is 7.80. The molecule has 0 spiro atoms. The molecule has 0 aliphatic heterocycles. The van der Waals surface area contributed by atoms with Gasteiger partial charge in [-0.2, -0.15) is 13.2 Å². The molecular weight excluding hydrogens is 299 g/mol. The highest BCUT2D eigenvalue weighted by Crippen LogP contribution is 2.21. The molecule has 1 rings (SSSR count). The zero-order valence-corrected chi connectivity index (χ0v) is 10.7. The van der Waals surface area contributed by atoms with Crippen molar-refractivity contribution in [3.63, 3.8) is 0 Å². The summed E-state index contributed by atoms with van der Waals surface area (Å²) in [6.07, 6.45) is -6.92. The van der Waals surface area contributed by atoms with Crippen LogP contribution in [0.4, 0.5) is 13.2 Å². The molecule has 1 aromatic carbocycles. The Morgan fingerprint density at radius 1 is 1.41 bits per heavy atom. The van der Waals surface area contributed by atoms with Crippen molar-refractivity contribution < 1.29 is 18.3 Å². The second-order valence-electron chi connectivity index (χ2n) is 3.74. The number of halogens is 4. The molecule has 0 amide bonds. The minimum absolute atomic E-state index is 0.260. The number of nitrogens with one attached hydrogen (secondary N) is 1. The van der Waals surface area contributed by atoms with Gasteiger partial charge in [0.2, 0.25) is 0 Å². The Balaban J connectivity index is 2.53. The van der Waals surface area contributed by atoms with Gasteiger partial charge in [0.15, 0.2) is 6.10 Å². The van der Waals surface area contributed by atoms with Crippen LogP contribution in [0.5, 0.6) is 0 Å². The number of alkyl halides is 3. The predicted molar refractivity (Wildman–Crippen MR) is 62.6 cm³/mol. The van der Waals surface area contributed by atoms with Crippen molar-refractivity contribution in [2.45, 2.75) is 25.2 Å². The SMILES string of the molecule is C[C@@H](NCC(O)C(F)(F)F)c1cccc(Br)c1. The van der Waals surface area contributed by atoms with Gasteiger partial charge in [0, 0.05) is 17.1 Å². The summed E-state index contributed by atoms with van der Waals surface area (Å²) in [7, 11) is 0. The minimum Gasteiger partial charge on any atom is -0.382 e. The summed E-state index contributed by atoms with van der Waals surface area (Å²) in [5.41, 5.74) is 0.855. The molecule has 6 heteroatoms. The Morgan fingerprint density at radius 3 is 2.59 bits per heavy atom. The smallest absolute Gasteiger partial charge is 0.382 e. The summed E-state index contributed by atoms with van der Waals surface area (Å²) in [4.78, 5) is 0. The predicted octanol–water partition coefficient (Wildman–Crippen LogP) is 3.02. The van der Waals surface area contributed by atoms with Crippen molar-refractivity contribution >= 4 is 15.9 Å². The van der Waals surface area contributed by atoms with E-state index in [1.165, 1.54) is 0 Å². The quantitative estimate of drug-likeness (QED) is 0.896. The van der Waals surface area contributed by atoms with Gasteiger partial charge < -0.3 is 10.4 Å². The van der Waals surface area contributed by atoms with Crippen LogP contribution in [0.15, 0.2) is 28.7 Å². The number of aliphatic hydroxyl groups excluding tert-OH is 1. The summed E-state index contributed by atoms with van der Waals surface area (Å²) >= 11 is 3.29. The molecule has 1 aromatic rings. The minimum atomic E-state index is -4.58. The summed E-state index contributed by atoms with van der Waals surface area (Å²) in [5, 5.41) is 11.5. The lowest BCUT2D eigenvalue weighted by atomic mass is 10.1. The summed E-state index contributed by atoms with van der Waals surface area (Å²) in [6, 6.07) is 7.00. The molecule has 2 N–H and O–H groups in total. The van der Waals surface area contributed by atoms with Crippen molar-refractivity contribution in [1.29, 1.82) is 0 Å². The van der Waals surface area contributed by atoms with Gasteiger partial charge in [0.1, 0.15) is 0 Å². The molecule has 0 fully saturated rings. The van der Waals surface area contributed by atoms with E-state index in [-0.39, 0.29) is 6.04 Å². The largest absolute Gasteiger partial charge is 0.415 e. The standard InChI is InChI=1S/C11H13BrF3NO/c1-7(8-3-2-4-9(12)5-8)16-6-10(17)11(13,14)15/h2-5,7,10,16-17H,6H2,1H3/t7-,10?/m1/s1. The van der Waals surface area contributed by atoms with Gasteiger partial charge in [0.05, 0.1) is 0 Å². The Morgan fingerprint density at radius 2 is 2.06 bits per heavy atom. The summed E-state index contributed by atoms with van der Waals surface area (Å²) < 4.78 is 37.1. The maximum atomic E-state index is 12.1. The molecule has 96 valence electrons. The van der Waals surface area contributed by atoms with Gasteiger partial charge in [-0.3, -0.25) is 0 Å². The lowest BCUT2D eigenvalue weighted by Gasteiger charge is -2.19. The monoisotopic (exact) mass is 311 g/mol. The molecule has 0 aliphatic rings. The van der Waals surface area contributed by atoms with Gasteiger partial charge in [-0.1, -0.05) is 28.1 Å². The maximum Gasteiger partial charge on any atom is 0.415 e. The van der Waals surface area contributed by atoms with E-state index in [0.717, 1.165) is 10.0 Å². The van der Waals surface area contributed by atoms with Gasteiger partial charge >= 0.3 is 6.18 Å². The molecule has 0 heterocycles. The van der Waals surface area contributed by atoms with E-state index in [1.807, 2.05) is 18.2 Å². The topological polar surface area (TPSA) is 32.3 Å². The molecule has 0 radical (unpaired) electrons. The fourth-order valence-corrected chi connectivity index (χ4v) is 1.71. The van der Waals surface area contributed by atoms with E-state index in [9.17, 15) is 13.2 Å². The van der Waals surface area contributed by atoms with Crippen LogP contribution < -0.4 is 5.32 Å². The molecular formula is C11H13BrF3NO. The van der Waals surface area contributed by atoms with Crippen molar-refractivity contribution in [2.75, 3.05) is 6.54 Å². The van der Waals surface area contributed by atoms with Crippen LogP contribution in [-0.4, -0.2) is 23.9 Å². The number of aliphatic hydroxyl groups is 1. The van der Waals surface area contributed by atoms with E-state index in [4.69, 9.17) is 5.11 Å². The van der Waals surface area contributed by atoms with Crippen molar-refractivity contribution in [3.05, 3.63) is 34.3 Å². The third-order valence-electron chi connectivity index (χ3n) is 2.34. The van der Waals surface area contributed by atoms with Crippen LogP contribution in [0.3, 0.4) is 0 Å². The van der Waals surface area contributed by atoms with Crippen LogP contribution in [-0.2, 0) is 0 Å². The fraction of sp³-hybridized carbons (Fsp3) is 0.455. The third-order valence-corrected chi connectivity index (χ3v) is 2.84. The van der Waals surface area contributed by atoms with Crippen LogP contribution in [0.2, 0.25) is 0 Å². The maximum absolute atomic E-state index is 12.1. The molecule has 0 saturated carbocycles. The molecule has 17 heavy (non-hydrogen) atoms. The van der Waals surface area contributed by atoms with Crippen molar-refractivity contribution in [1.82, 2.24) is 5.32 Å². The molecule has 0 saturated heterocycles. The van der Waals surface area contributed by atoms with E-state index in [1.54, 1.807) is 13.0 Å². The lowest BCUT2D eigenvalue weighted by molar-refractivity contribution is -0.202. The fourth-order valence-electron chi connectivity index (χ4n) is 1.30. The summed E-state index contributed by atoms with van der Waals surface area (Å²) in [5.74, 6) is 0. The van der Waals surface area contributed by atoms with Gasteiger partial charge in [-0.15, -0.1) is 0 Å². The van der Waals surface area contributed by atoms with Gasteiger partial charge in [-0.25, -0.2) is 0 Å². The van der Waals surface area contributed by atoms with E-state index >= 15 is 0 Å². The van der Waals surface area contributed by atoms with Crippen LogP contribution in [0.1, 0.15) is 18.5 Å². The number of hydrogen-bond donors (Lipinski definition) is 2. The highest BCUT2D eigenvalue weighted by Gasteiger charge is 2.37. The lowest BCUT2D eigenvalue weighted by Crippen LogP contribution is -2.39. The normalized spacial score (nSPS) is 15.6. The Kier molecular flexibility index (Phi) is 4.97. The van der Waals surface area contributed by atoms with E-state index < -0.39 is 18.8 Å². The number of hydrogen-bond acceptors (Lipinski definition) is 2. The van der Waals surface area contributed by atoms with E-state index in [0.29, 0.717) is 0 Å². The average Bonchev–Trinajstić information content (AvgIpc) is 2.24. The Hall–Kier alpha value is -0.590. The zero-order valence-electron chi connectivity index (χ0n) is 9.13. The zero-order chi connectivity index (χ0) is 13.1. The molecule has 1 unspecified atom stereocenters. The van der Waals surface area contributed by atoms with Crippen molar-refractivity contribution in [3.8, 4) is 0 Å². The molecule has 0 bridgehead atoms. The van der Waals surface area contributed by atoms with Crippen LogP contribution in [0.25, 0.3) is 0 Å². The molecule has 2 atom stereocenters. The molecule has 0 aromatic heterocycles. The highest BCUT2D eigenvalue weighted by molar-refractivity contribution is 9.10. The van der Waals surface area contributed by atoms with Crippen molar-refractivity contribution in [2.24, 2.45) is 0 Å². The van der Waals surface area contributed by atoms with Crippen LogP contribution >= 0.6 is 15.9 Å². The first-order valence-electron chi connectivity index (χ1n) is 5.04. The average molecular weight is 312 g/mol. The highest BCUT2D eigenvalue weighted by atomic mass is 79.9. The third kappa shape index (κ3) is 4.65. The van der Waals surface area contributed by atoms with Crippen LogP contribution in [0, 0.1) is 0 Å². The first-order valence-corrected chi connectivity index (χ1v) is 5.83. The molecule has 2 nitrogen and oxygen atoms in total. The second kappa shape index (κ2) is 5.84. The second-order valence-corrected chi connectivity index (χ2v) is 4.66. The molecule has 0 aliphatic carbocycles.